The van der Waals surface area contributed by atoms with Crippen molar-refractivity contribution in [2.24, 2.45) is 22.6 Å². The van der Waals surface area contributed by atoms with Crippen LogP contribution in [0.1, 0.15) is 72.3 Å². The first-order valence-electron chi connectivity index (χ1n) is 15.3. The summed E-state index contributed by atoms with van der Waals surface area (Å²) in [5.41, 5.74) is 7.71. The van der Waals surface area contributed by atoms with Crippen molar-refractivity contribution in [3.8, 4) is 0 Å². The molecule has 218 valence electrons. The first-order chi connectivity index (χ1) is 18.7. The van der Waals surface area contributed by atoms with Gasteiger partial charge < -0.3 is 25.5 Å². The summed E-state index contributed by atoms with van der Waals surface area (Å²) in [4.78, 5) is 14.1. The second-order valence-electron chi connectivity index (χ2n) is 12.9. The summed E-state index contributed by atoms with van der Waals surface area (Å²) in [6, 6.07) is 11.4. The highest BCUT2D eigenvalue weighted by Crippen LogP contribution is 2.31. The number of nitrogens with one attached hydrogen (secondary N) is 1. The molecule has 1 aromatic rings. The highest BCUT2D eigenvalue weighted by Gasteiger charge is 2.44. The molecular weight excluding hydrogens is 486 g/mol. The molecule has 8 heteroatoms. The van der Waals surface area contributed by atoms with E-state index in [1.54, 1.807) is 0 Å². The van der Waals surface area contributed by atoms with E-state index < -0.39 is 6.10 Å². The Hall–Kier alpha value is -2.32. The van der Waals surface area contributed by atoms with Crippen molar-refractivity contribution in [2.75, 3.05) is 32.7 Å². The fourth-order valence-corrected chi connectivity index (χ4v) is 6.79. The van der Waals surface area contributed by atoms with Crippen molar-refractivity contribution in [3.05, 3.63) is 35.9 Å². The van der Waals surface area contributed by atoms with Gasteiger partial charge in [0.15, 0.2) is 11.9 Å². The Labute approximate surface area is 236 Å². The number of nitrogens with zero attached hydrogens (tertiary/aromatic N) is 5. The molecule has 8 nitrogen and oxygen atoms in total. The largest absolute Gasteiger partial charge is 0.391 e. The Morgan fingerprint density at radius 3 is 2.46 bits per heavy atom. The normalized spacial score (nSPS) is 25.8. The molecular formula is C31H53N7O. The Kier molecular flexibility index (Phi) is 10.2. The van der Waals surface area contributed by atoms with Crippen LogP contribution in [0.2, 0.25) is 0 Å². The van der Waals surface area contributed by atoms with Gasteiger partial charge in [0.1, 0.15) is 0 Å². The van der Waals surface area contributed by atoms with Crippen LogP contribution in [0, 0.1) is 17.2 Å². The predicted octanol–water partition coefficient (Wildman–Crippen LogP) is 3.80. The second kappa shape index (κ2) is 13.4. The van der Waals surface area contributed by atoms with Gasteiger partial charge >= 0.3 is 0 Å². The molecule has 0 radical (unpaired) electrons. The lowest BCUT2D eigenvalue weighted by Crippen LogP contribution is -2.56. The van der Waals surface area contributed by atoms with Crippen molar-refractivity contribution < 1.29 is 5.11 Å². The third-order valence-corrected chi connectivity index (χ3v) is 8.84. The summed E-state index contributed by atoms with van der Waals surface area (Å²) in [5, 5.41) is 20.1. The molecule has 0 aliphatic carbocycles. The maximum absolute atomic E-state index is 10.8. The van der Waals surface area contributed by atoms with E-state index in [9.17, 15) is 10.5 Å². The minimum Gasteiger partial charge on any atom is -0.391 e. The molecule has 1 aromatic carbocycles. The van der Waals surface area contributed by atoms with Gasteiger partial charge in [-0.3, -0.25) is 15.3 Å². The standard InChI is InChI=1S/C31H53N7O/c1-22(2)11-9-16-36-28(24(5)39)21-38(31(36)33)29(18-25-12-7-6-8-13-25)35-15-10-14-26(35)20-37-27(17-23(3)4)19-34-30(37)32/h6-8,12-13,22-24,26-29,33,39H,9-11,14-21H2,1-5H3,(H2,32,34)/t24-,26+,27-,28+,29-/m1/s1. The lowest BCUT2D eigenvalue weighted by atomic mass is 10.0. The van der Waals surface area contributed by atoms with Crippen LogP contribution in [0.15, 0.2) is 35.3 Å². The number of aliphatic imine (C=N–C) groups is 1. The fourth-order valence-electron chi connectivity index (χ4n) is 6.79. The molecule has 0 spiro atoms. The lowest BCUT2D eigenvalue weighted by molar-refractivity contribution is 0.0606. The molecule has 3 heterocycles. The van der Waals surface area contributed by atoms with Gasteiger partial charge in [-0.05, 0) is 56.4 Å². The Morgan fingerprint density at radius 1 is 1.05 bits per heavy atom. The van der Waals surface area contributed by atoms with E-state index in [1.807, 2.05) is 6.92 Å². The van der Waals surface area contributed by atoms with Crippen LogP contribution in [0.4, 0.5) is 0 Å². The van der Waals surface area contributed by atoms with Gasteiger partial charge in [-0.2, -0.15) is 0 Å². The van der Waals surface area contributed by atoms with Crippen LogP contribution in [0.5, 0.6) is 0 Å². The topological polar surface area (TPSA) is 95.4 Å². The number of nitrogens with two attached hydrogens (primary N) is 1. The molecule has 39 heavy (non-hydrogen) atoms. The molecule has 5 atom stereocenters. The number of guanidine groups is 2. The number of aliphatic hydroxyl groups excluding tert-OH is 1. The molecule has 3 aliphatic heterocycles. The minimum atomic E-state index is -0.487. The molecule has 0 unspecified atom stereocenters. The molecule has 4 N–H and O–H groups in total. The van der Waals surface area contributed by atoms with E-state index in [2.05, 4.69) is 82.6 Å². The summed E-state index contributed by atoms with van der Waals surface area (Å²) < 4.78 is 0. The molecule has 0 amide bonds. The molecule has 3 aliphatic rings. The molecule has 4 rings (SSSR count). The first kappa shape index (κ1) is 29.7. The molecule has 0 aromatic heterocycles. The van der Waals surface area contributed by atoms with Crippen LogP contribution >= 0.6 is 0 Å². The average Bonchev–Trinajstić information content (AvgIpc) is 3.57. The van der Waals surface area contributed by atoms with Gasteiger partial charge in [-0.1, -0.05) is 58.0 Å². The SMILES string of the molecule is CC(C)CCCN1C(=N)N([C@H](Cc2ccccc2)N2CCC[C@H]2CN2C(N)=NC[C@H]2CC(C)C)C[C@H]1[C@@H](C)O. The second-order valence-corrected chi connectivity index (χ2v) is 12.9. The van der Waals surface area contributed by atoms with Gasteiger partial charge in [-0.25, -0.2) is 0 Å². The van der Waals surface area contributed by atoms with Gasteiger partial charge in [0, 0.05) is 38.6 Å². The molecule has 0 bridgehead atoms. The third-order valence-electron chi connectivity index (χ3n) is 8.84. The monoisotopic (exact) mass is 539 g/mol. The van der Waals surface area contributed by atoms with Gasteiger partial charge in [0.05, 0.1) is 30.9 Å². The molecule has 2 saturated heterocycles. The Morgan fingerprint density at radius 2 is 1.79 bits per heavy atom. The quantitative estimate of drug-likeness (QED) is 0.353. The average molecular weight is 540 g/mol. The summed E-state index contributed by atoms with van der Waals surface area (Å²) in [6.45, 7) is 15.1. The van der Waals surface area contributed by atoms with E-state index in [4.69, 9.17) is 5.73 Å². The maximum Gasteiger partial charge on any atom is 0.195 e. The summed E-state index contributed by atoms with van der Waals surface area (Å²) in [6.07, 6.45) is 5.98. The third kappa shape index (κ3) is 7.26. The van der Waals surface area contributed by atoms with Crippen molar-refractivity contribution >= 4 is 11.9 Å². The van der Waals surface area contributed by atoms with E-state index in [0.717, 1.165) is 64.7 Å². The van der Waals surface area contributed by atoms with Crippen molar-refractivity contribution in [3.63, 3.8) is 0 Å². The number of aliphatic hydroxyl groups is 1. The molecule has 2 fully saturated rings. The van der Waals surface area contributed by atoms with Crippen molar-refractivity contribution in [2.45, 2.75) is 104 Å². The number of benzene rings is 1. The zero-order valence-corrected chi connectivity index (χ0v) is 25.0. The van der Waals surface area contributed by atoms with Gasteiger partial charge in [0.2, 0.25) is 0 Å². The smallest absolute Gasteiger partial charge is 0.195 e. The highest BCUT2D eigenvalue weighted by molar-refractivity contribution is 5.80. The van der Waals surface area contributed by atoms with Crippen molar-refractivity contribution in [1.29, 1.82) is 5.41 Å². The van der Waals surface area contributed by atoms with E-state index in [-0.39, 0.29) is 12.2 Å². The van der Waals surface area contributed by atoms with Crippen LogP contribution in [-0.4, -0.2) is 99.7 Å². The summed E-state index contributed by atoms with van der Waals surface area (Å²) >= 11 is 0. The Balaban J connectivity index is 1.57. The number of hydrogen-bond acceptors (Lipinski definition) is 6. The van der Waals surface area contributed by atoms with Crippen molar-refractivity contribution in [1.82, 2.24) is 19.6 Å². The van der Waals surface area contributed by atoms with Gasteiger partial charge in [-0.15, -0.1) is 0 Å². The molecule has 0 saturated carbocycles. The zero-order valence-electron chi connectivity index (χ0n) is 25.0. The highest BCUT2D eigenvalue weighted by atomic mass is 16.3. The van der Waals surface area contributed by atoms with Crippen LogP contribution in [-0.2, 0) is 6.42 Å². The Bertz CT molecular complexity index is 950. The summed E-state index contributed by atoms with van der Waals surface area (Å²) in [5.74, 6) is 2.50. The van der Waals surface area contributed by atoms with E-state index >= 15 is 0 Å². The fraction of sp³-hybridized carbons (Fsp3) is 0.742. The van der Waals surface area contributed by atoms with Gasteiger partial charge in [0.25, 0.3) is 0 Å². The van der Waals surface area contributed by atoms with E-state index in [1.165, 1.54) is 5.56 Å². The summed E-state index contributed by atoms with van der Waals surface area (Å²) in [7, 11) is 0. The maximum atomic E-state index is 10.8. The van der Waals surface area contributed by atoms with E-state index in [0.29, 0.717) is 42.4 Å². The predicted molar refractivity (Wildman–Crippen MR) is 161 cm³/mol. The lowest BCUT2D eigenvalue weighted by Gasteiger charge is -2.41. The minimum absolute atomic E-state index is 0.0548. The zero-order chi connectivity index (χ0) is 28.1. The number of likely N-dealkylation sites (tertiary alicyclic amines) is 1. The van der Waals surface area contributed by atoms with Crippen LogP contribution in [0.3, 0.4) is 0 Å². The van der Waals surface area contributed by atoms with Crippen LogP contribution in [0.25, 0.3) is 0 Å². The number of hydrogen-bond donors (Lipinski definition) is 3. The first-order valence-corrected chi connectivity index (χ1v) is 15.3. The van der Waals surface area contributed by atoms with Crippen LogP contribution < -0.4 is 5.73 Å². The number of rotatable bonds is 13.